The Hall–Kier alpha value is -3.61. The first-order valence-corrected chi connectivity index (χ1v) is 9.29. The Morgan fingerprint density at radius 1 is 1.12 bits per heavy atom. The molecule has 0 atom stereocenters. The Morgan fingerprint density at radius 3 is 2.25 bits per heavy atom. The number of Topliss-reactive ketones (excluding diaryl/α,β-unsaturated/α-hetero) is 1. The van der Waals surface area contributed by atoms with E-state index >= 15 is 0 Å². The molecule has 0 bridgehead atoms. The minimum absolute atomic E-state index is 0.0296. The van der Waals surface area contributed by atoms with E-state index in [0.717, 1.165) is 6.07 Å². The molecule has 0 fully saturated rings. The van der Waals surface area contributed by atoms with Crippen molar-refractivity contribution in [1.82, 2.24) is 9.88 Å². The van der Waals surface area contributed by atoms with Crippen molar-refractivity contribution < 1.29 is 31.9 Å². The van der Waals surface area contributed by atoms with Crippen LogP contribution in [0.25, 0.3) is 0 Å². The number of alkyl halides is 3. The number of hydrogen-bond acceptors (Lipinski definition) is 3. The van der Waals surface area contributed by atoms with Crippen LogP contribution in [-0.2, 0) is 18.0 Å². The quantitative estimate of drug-likeness (QED) is 0.314. The van der Waals surface area contributed by atoms with E-state index < -0.39 is 40.7 Å². The highest BCUT2D eigenvalue weighted by Gasteiger charge is 2.35. The molecular weight excluding hydrogens is 430 g/mol. The number of anilines is 1. The molecular formula is C22H21F4N3O3. The third kappa shape index (κ3) is 4.82. The van der Waals surface area contributed by atoms with Crippen molar-refractivity contribution in [3.8, 4) is 12.3 Å². The van der Waals surface area contributed by atoms with Gasteiger partial charge in [-0.25, -0.2) is 4.39 Å². The average molecular weight is 451 g/mol. The zero-order valence-corrected chi connectivity index (χ0v) is 18.0. The van der Waals surface area contributed by atoms with E-state index in [0.29, 0.717) is 17.8 Å². The number of rotatable bonds is 5. The summed E-state index contributed by atoms with van der Waals surface area (Å²) in [5, 5.41) is 4.68. The summed E-state index contributed by atoms with van der Waals surface area (Å²) in [5.41, 5.74) is -2.53. The molecule has 2 amide bonds. The second-order valence-corrected chi connectivity index (χ2v) is 7.69. The van der Waals surface area contributed by atoms with Gasteiger partial charge in [0.1, 0.15) is 11.5 Å². The van der Waals surface area contributed by atoms with Gasteiger partial charge >= 0.3 is 6.18 Å². The number of benzene rings is 1. The second-order valence-electron chi connectivity index (χ2n) is 7.69. The highest BCUT2D eigenvalue weighted by atomic mass is 19.4. The summed E-state index contributed by atoms with van der Waals surface area (Å²) in [6, 6.07) is 2.04. The molecule has 0 aliphatic heterocycles. The fourth-order valence-electron chi connectivity index (χ4n) is 3.13. The molecule has 1 aromatic heterocycles. The Kier molecular flexibility index (Phi) is 6.54. The smallest absolute Gasteiger partial charge is 0.343 e. The van der Waals surface area contributed by atoms with Crippen molar-refractivity contribution in [2.45, 2.75) is 39.4 Å². The predicted molar refractivity (Wildman–Crippen MR) is 110 cm³/mol. The fourth-order valence-corrected chi connectivity index (χ4v) is 3.13. The first kappa shape index (κ1) is 24.7. The van der Waals surface area contributed by atoms with Gasteiger partial charge in [-0.15, -0.1) is 6.42 Å². The number of hydrogen-bond donors (Lipinski definition) is 2. The van der Waals surface area contributed by atoms with Gasteiger partial charge in [-0.05, 0) is 51.5 Å². The molecule has 0 aliphatic rings. The van der Waals surface area contributed by atoms with Gasteiger partial charge in [0.15, 0.2) is 0 Å². The minimum Gasteiger partial charge on any atom is -0.343 e. The van der Waals surface area contributed by atoms with Crippen LogP contribution in [0.5, 0.6) is 0 Å². The van der Waals surface area contributed by atoms with E-state index in [1.165, 1.54) is 39.3 Å². The van der Waals surface area contributed by atoms with Gasteiger partial charge in [-0.3, -0.25) is 14.4 Å². The van der Waals surface area contributed by atoms with E-state index in [2.05, 4.69) is 16.6 Å². The Bertz CT molecular complexity index is 1150. The molecule has 2 aromatic rings. The van der Waals surface area contributed by atoms with Gasteiger partial charge in [0.05, 0.1) is 16.7 Å². The third-order valence-electron chi connectivity index (χ3n) is 4.90. The van der Waals surface area contributed by atoms with Gasteiger partial charge in [0.25, 0.3) is 17.6 Å². The highest BCUT2D eigenvalue weighted by molar-refractivity contribution is 6.43. The van der Waals surface area contributed by atoms with Crippen molar-refractivity contribution in [3.05, 3.63) is 52.1 Å². The van der Waals surface area contributed by atoms with Crippen LogP contribution in [0.2, 0.25) is 0 Å². The summed E-state index contributed by atoms with van der Waals surface area (Å²) in [5.74, 6) is -1.87. The van der Waals surface area contributed by atoms with Crippen LogP contribution in [0.1, 0.15) is 51.5 Å². The van der Waals surface area contributed by atoms with E-state index in [-0.39, 0.29) is 22.5 Å². The van der Waals surface area contributed by atoms with E-state index in [1.807, 2.05) is 0 Å². The summed E-state index contributed by atoms with van der Waals surface area (Å²) in [6.45, 7) is 6.00. The molecule has 2 N–H and O–H groups in total. The van der Waals surface area contributed by atoms with E-state index in [9.17, 15) is 31.9 Å². The molecule has 6 nitrogen and oxygen atoms in total. The van der Waals surface area contributed by atoms with Gasteiger partial charge in [-0.2, -0.15) is 13.2 Å². The maximum absolute atomic E-state index is 13.5. The fraction of sp³-hybridized carbons (Fsp3) is 0.318. The summed E-state index contributed by atoms with van der Waals surface area (Å²) < 4.78 is 53.6. The first-order valence-electron chi connectivity index (χ1n) is 9.29. The van der Waals surface area contributed by atoms with Crippen LogP contribution in [-0.4, -0.2) is 27.7 Å². The zero-order chi connectivity index (χ0) is 24.6. The number of terminal acetylenes is 1. The maximum Gasteiger partial charge on any atom is 0.419 e. The SMILES string of the molecule is C#CC(C)(C)NC(=O)C(=O)c1c(C)c(C(=O)Nc2ccc(F)c(C(F)(F)F)c2)n(C)c1C. The van der Waals surface area contributed by atoms with Crippen molar-refractivity contribution in [3.63, 3.8) is 0 Å². The molecule has 0 saturated heterocycles. The number of ketones is 1. The van der Waals surface area contributed by atoms with Gasteiger partial charge < -0.3 is 15.2 Å². The molecule has 0 unspecified atom stereocenters. The Morgan fingerprint density at radius 2 is 1.72 bits per heavy atom. The Labute approximate surface area is 182 Å². The van der Waals surface area contributed by atoms with Gasteiger partial charge in [-0.1, -0.05) is 5.92 Å². The standard InChI is InChI=1S/C22H21F4N3O3/c1-7-21(4,5)28-20(32)18(30)16-11(2)17(29(6)12(16)3)19(31)27-13-8-9-15(23)14(10-13)22(24,25)26/h1,8-10H,2-6H3,(H,27,31)(H,28,32). The lowest BCUT2D eigenvalue weighted by molar-refractivity contribution is -0.140. The van der Waals surface area contributed by atoms with Crippen molar-refractivity contribution in [2.24, 2.45) is 7.05 Å². The van der Waals surface area contributed by atoms with Gasteiger partial charge in [0.2, 0.25) is 0 Å². The van der Waals surface area contributed by atoms with Gasteiger partial charge in [0, 0.05) is 18.4 Å². The number of halogens is 4. The van der Waals surface area contributed by atoms with Crippen LogP contribution < -0.4 is 10.6 Å². The lowest BCUT2D eigenvalue weighted by Crippen LogP contribution is -2.45. The molecule has 1 aromatic carbocycles. The second kappa shape index (κ2) is 8.49. The van der Waals surface area contributed by atoms with Crippen LogP contribution in [0.3, 0.4) is 0 Å². The highest BCUT2D eigenvalue weighted by Crippen LogP contribution is 2.33. The molecule has 0 saturated carbocycles. The van der Waals surface area contributed by atoms with Crippen molar-refractivity contribution in [1.29, 1.82) is 0 Å². The first-order chi connectivity index (χ1) is 14.6. The molecule has 2 rings (SSSR count). The molecule has 0 spiro atoms. The summed E-state index contributed by atoms with van der Waals surface area (Å²) in [6.07, 6.45) is 0.371. The predicted octanol–water partition coefficient (Wildman–Crippen LogP) is 3.76. The number of amides is 2. The minimum atomic E-state index is -4.94. The number of aromatic nitrogens is 1. The summed E-state index contributed by atoms with van der Waals surface area (Å²) >= 11 is 0. The average Bonchev–Trinajstić information content (AvgIpc) is 2.90. The van der Waals surface area contributed by atoms with Crippen LogP contribution in [0.15, 0.2) is 18.2 Å². The molecule has 1 heterocycles. The number of carbonyl (C=O) groups is 3. The summed E-state index contributed by atoms with van der Waals surface area (Å²) in [4.78, 5) is 37.9. The molecule has 0 aliphatic carbocycles. The van der Waals surface area contributed by atoms with E-state index in [4.69, 9.17) is 6.42 Å². The summed E-state index contributed by atoms with van der Waals surface area (Å²) in [7, 11) is 1.46. The molecule has 32 heavy (non-hydrogen) atoms. The lowest BCUT2D eigenvalue weighted by atomic mass is 10.0. The van der Waals surface area contributed by atoms with Crippen molar-refractivity contribution >= 4 is 23.3 Å². The molecule has 10 heteroatoms. The lowest BCUT2D eigenvalue weighted by Gasteiger charge is -2.18. The van der Waals surface area contributed by atoms with E-state index in [1.54, 1.807) is 0 Å². The molecule has 0 radical (unpaired) electrons. The number of carbonyl (C=O) groups excluding carboxylic acids is 3. The van der Waals surface area contributed by atoms with Crippen LogP contribution in [0.4, 0.5) is 23.2 Å². The topological polar surface area (TPSA) is 80.2 Å². The zero-order valence-electron chi connectivity index (χ0n) is 18.0. The molecule has 170 valence electrons. The third-order valence-corrected chi connectivity index (χ3v) is 4.90. The largest absolute Gasteiger partial charge is 0.419 e. The maximum atomic E-state index is 13.5. The van der Waals surface area contributed by atoms with Crippen LogP contribution >= 0.6 is 0 Å². The monoisotopic (exact) mass is 451 g/mol. The van der Waals surface area contributed by atoms with Crippen LogP contribution in [0, 0.1) is 32.0 Å². The number of nitrogens with one attached hydrogen (secondary N) is 2. The van der Waals surface area contributed by atoms with Crippen molar-refractivity contribution in [2.75, 3.05) is 5.32 Å². The Balaban J connectivity index is 2.41. The number of nitrogens with zero attached hydrogens (tertiary/aromatic N) is 1. The normalized spacial score (nSPS) is 11.6.